The summed E-state index contributed by atoms with van der Waals surface area (Å²) < 4.78 is 0. The summed E-state index contributed by atoms with van der Waals surface area (Å²) in [5, 5.41) is 7.50. The van der Waals surface area contributed by atoms with Crippen molar-refractivity contribution in [2.24, 2.45) is 0 Å². The Morgan fingerprint density at radius 3 is 2.87 bits per heavy atom. The number of nitrogens with zero attached hydrogens (tertiary/aromatic N) is 1. The summed E-state index contributed by atoms with van der Waals surface area (Å²) in [6.45, 7) is 4.00. The lowest BCUT2D eigenvalue weighted by Gasteiger charge is -2.04. The van der Waals surface area contributed by atoms with Crippen LogP contribution in [0, 0.1) is 5.41 Å². The second-order valence-electron chi connectivity index (χ2n) is 3.77. The number of imidazole rings is 1. The standard InChI is InChI=1S/C12H19N3/c1-3-4-5-6-11(7-10(2)13)12-8-14-9-15-12/h7-9,13H,3-6H2,1-2H3,(H,14,15)/b11-7+,13-10?. The average molecular weight is 205 g/mol. The van der Waals surface area contributed by atoms with Crippen molar-refractivity contribution in [3.63, 3.8) is 0 Å². The molecular weight excluding hydrogens is 186 g/mol. The van der Waals surface area contributed by atoms with Gasteiger partial charge in [0.2, 0.25) is 0 Å². The summed E-state index contributed by atoms with van der Waals surface area (Å²) in [4.78, 5) is 7.11. The van der Waals surface area contributed by atoms with Crippen LogP contribution in [0.25, 0.3) is 5.57 Å². The lowest BCUT2D eigenvalue weighted by molar-refractivity contribution is 0.734. The molecule has 1 aromatic rings. The zero-order chi connectivity index (χ0) is 11.1. The molecule has 3 nitrogen and oxygen atoms in total. The van der Waals surface area contributed by atoms with Crippen LogP contribution in [0.15, 0.2) is 18.6 Å². The van der Waals surface area contributed by atoms with Crippen molar-refractivity contribution >= 4 is 11.3 Å². The van der Waals surface area contributed by atoms with Gasteiger partial charge in [-0.15, -0.1) is 0 Å². The second-order valence-corrected chi connectivity index (χ2v) is 3.77. The molecule has 0 aliphatic rings. The highest BCUT2D eigenvalue weighted by Gasteiger charge is 2.02. The molecule has 0 atom stereocenters. The van der Waals surface area contributed by atoms with Gasteiger partial charge in [-0.3, -0.25) is 0 Å². The molecule has 82 valence electrons. The molecule has 0 unspecified atom stereocenters. The van der Waals surface area contributed by atoms with E-state index >= 15 is 0 Å². The number of H-pyrrole nitrogens is 1. The van der Waals surface area contributed by atoms with Gasteiger partial charge < -0.3 is 10.4 Å². The van der Waals surface area contributed by atoms with Crippen LogP contribution in [0.4, 0.5) is 0 Å². The molecule has 1 rings (SSSR count). The minimum atomic E-state index is 0.594. The number of allylic oxidation sites excluding steroid dienone is 2. The Morgan fingerprint density at radius 2 is 2.33 bits per heavy atom. The summed E-state index contributed by atoms with van der Waals surface area (Å²) >= 11 is 0. The maximum absolute atomic E-state index is 7.50. The molecule has 0 radical (unpaired) electrons. The van der Waals surface area contributed by atoms with Crippen LogP contribution >= 0.6 is 0 Å². The first-order chi connectivity index (χ1) is 7.24. The Hall–Kier alpha value is -1.38. The van der Waals surface area contributed by atoms with Crippen molar-refractivity contribution in [2.45, 2.75) is 39.5 Å². The van der Waals surface area contributed by atoms with E-state index in [2.05, 4.69) is 16.9 Å². The smallest absolute Gasteiger partial charge is 0.0924 e. The molecule has 0 spiro atoms. The van der Waals surface area contributed by atoms with E-state index in [9.17, 15) is 0 Å². The van der Waals surface area contributed by atoms with Crippen LogP contribution in [-0.4, -0.2) is 15.7 Å². The maximum Gasteiger partial charge on any atom is 0.0924 e. The van der Waals surface area contributed by atoms with Crippen LogP contribution in [0.2, 0.25) is 0 Å². The molecule has 2 N–H and O–H groups in total. The zero-order valence-electron chi connectivity index (χ0n) is 9.51. The minimum Gasteiger partial charge on any atom is -0.345 e. The van der Waals surface area contributed by atoms with Crippen LogP contribution in [0.3, 0.4) is 0 Å². The van der Waals surface area contributed by atoms with Gasteiger partial charge in [0.25, 0.3) is 0 Å². The van der Waals surface area contributed by atoms with Crippen LogP contribution in [0.5, 0.6) is 0 Å². The quantitative estimate of drug-likeness (QED) is 0.542. The van der Waals surface area contributed by atoms with Gasteiger partial charge in [0, 0.05) is 5.71 Å². The van der Waals surface area contributed by atoms with Crippen molar-refractivity contribution < 1.29 is 0 Å². The summed E-state index contributed by atoms with van der Waals surface area (Å²) in [6, 6.07) is 0. The van der Waals surface area contributed by atoms with Gasteiger partial charge in [-0.1, -0.05) is 19.8 Å². The largest absolute Gasteiger partial charge is 0.345 e. The summed E-state index contributed by atoms with van der Waals surface area (Å²) in [7, 11) is 0. The average Bonchev–Trinajstić information content (AvgIpc) is 2.68. The fraction of sp³-hybridized carbons (Fsp3) is 0.500. The van der Waals surface area contributed by atoms with Crippen LogP contribution in [0.1, 0.15) is 45.2 Å². The van der Waals surface area contributed by atoms with Crippen LogP contribution in [-0.2, 0) is 0 Å². The van der Waals surface area contributed by atoms with Gasteiger partial charge >= 0.3 is 0 Å². The predicted octanol–water partition coefficient (Wildman–Crippen LogP) is 3.41. The highest BCUT2D eigenvalue weighted by Crippen LogP contribution is 2.18. The SMILES string of the molecule is CCCCC/C(=C\C(C)=N)c1cnc[nH]1. The molecule has 0 aromatic carbocycles. The molecule has 3 heteroatoms. The molecule has 0 aliphatic heterocycles. The fourth-order valence-corrected chi connectivity index (χ4v) is 1.54. The van der Waals surface area contributed by atoms with E-state index in [1.165, 1.54) is 24.8 Å². The zero-order valence-corrected chi connectivity index (χ0v) is 9.51. The maximum atomic E-state index is 7.50. The number of unbranched alkanes of at least 4 members (excludes halogenated alkanes) is 2. The lowest BCUT2D eigenvalue weighted by Crippen LogP contribution is -1.90. The first-order valence-electron chi connectivity index (χ1n) is 5.48. The molecule has 15 heavy (non-hydrogen) atoms. The number of hydrogen-bond donors (Lipinski definition) is 2. The Balaban J connectivity index is 2.67. The van der Waals surface area contributed by atoms with Gasteiger partial charge in [0.05, 0.1) is 18.2 Å². The van der Waals surface area contributed by atoms with E-state index in [-0.39, 0.29) is 0 Å². The number of nitrogens with one attached hydrogen (secondary N) is 2. The molecule has 0 saturated carbocycles. The Kier molecular flexibility index (Phi) is 4.81. The predicted molar refractivity (Wildman–Crippen MR) is 64.1 cm³/mol. The van der Waals surface area contributed by atoms with Gasteiger partial charge in [0.15, 0.2) is 0 Å². The monoisotopic (exact) mass is 205 g/mol. The Labute approximate surface area is 91.1 Å². The summed E-state index contributed by atoms with van der Waals surface area (Å²) in [6.07, 6.45) is 10.1. The molecule has 0 saturated heterocycles. The topological polar surface area (TPSA) is 52.5 Å². The Morgan fingerprint density at radius 1 is 1.53 bits per heavy atom. The molecule has 0 bridgehead atoms. The van der Waals surface area contributed by atoms with E-state index in [0.717, 1.165) is 12.1 Å². The molecular formula is C12H19N3. The van der Waals surface area contributed by atoms with E-state index in [0.29, 0.717) is 5.71 Å². The van der Waals surface area contributed by atoms with E-state index in [1.807, 2.05) is 12.3 Å². The normalized spacial score (nSPS) is 11.7. The third-order valence-corrected chi connectivity index (χ3v) is 2.28. The van der Waals surface area contributed by atoms with E-state index in [4.69, 9.17) is 5.41 Å². The Bertz CT molecular complexity index is 323. The minimum absolute atomic E-state index is 0.594. The van der Waals surface area contributed by atoms with E-state index < -0.39 is 0 Å². The van der Waals surface area contributed by atoms with Crippen molar-refractivity contribution in [3.8, 4) is 0 Å². The highest BCUT2D eigenvalue weighted by atomic mass is 14.9. The molecule has 1 heterocycles. The number of hydrogen-bond acceptors (Lipinski definition) is 2. The van der Waals surface area contributed by atoms with Crippen molar-refractivity contribution in [1.29, 1.82) is 5.41 Å². The third kappa shape index (κ3) is 4.11. The fourth-order valence-electron chi connectivity index (χ4n) is 1.54. The number of rotatable bonds is 6. The van der Waals surface area contributed by atoms with Crippen LogP contribution < -0.4 is 0 Å². The van der Waals surface area contributed by atoms with Crippen molar-refractivity contribution in [1.82, 2.24) is 9.97 Å². The summed E-state index contributed by atoms with van der Waals surface area (Å²) in [5.41, 5.74) is 2.82. The third-order valence-electron chi connectivity index (χ3n) is 2.28. The lowest BCUT2D eigenvalue weighted by atomic mass is 10.0. The highest BCUT2D eigenvalue weighted by molar-refractivity contribution is 5.96. The molecule has 0 amide bonds. The molecule has 1 aromatic heterocycles. The first-order valence-corrected chi connectivity index (χ1v) is 5.48. The van der Waals surface area contributed by atoms with Crippen molar-refractivity contribution in [2.75, 3.05) is 0 Å². The van der Waals surface area contributed by atoms with E-state index in [1.54, 1.807) is 13.3 Å². The van der Waals surface area contributed by atoms with Gasteiger partial charge in [-0.25, -0.2) is 4.98 Å². The molecule has 0 fully saturated rings. The summed E-state index contributed by atoms with van der Waals surface area (Å²) in [5.74, 6) is 0. The molecule has 0 aliphatic carbocycles. The van der Waals surface area contributed by atoms with Crippen molar-refractivity contribution in [3.05, 3.63) is 24.3 Å². The number of aromatic nitrogens is 2. The van der Waals surface area contributed by atoms with Gasteiger partial charge in [-0.2, -0.15) is 0 Å². The van der Waals surface area contributed by atoms with Gasteiger partial charge in [0.1, 0.15) is 0 Å². The first kappa shape index (κ1) is 11.7. The van der Waals surface area contributed by atoms with Gasteiger partial charge in [-0.05, 0) is 31.4 Å². The second kappa shape index (κ2) is 6.17. The number of aromatic amines is 1.